The molecule has 1 atom stereocenters. The van der Waals surface area contributed by atoms with Crippen LogP contribution < -0.4 is 4.87 Å². The Balaban J connectivity index is 1.86. The Morgan fingerprint density at radius 2 is 1.88 bits per heavy atom. The van der Waals surface area contributed by atoms with Gasteiger partial charge in [-0.3, -0.25) is 14.9 Å². The number of nitro benzene ring substituents is 1. The normalized spacial score (nSPS) is 12.3. The summed E-state index contributed by atoms with van der Waals surface area (Å²) >= 11 is 1.18. The van der Waals surface area contributed by atoms with Crippen molar-refractivity contribution in [3.8, 4) is 0 Å². The van der Waals surface area contributed by atoms with E-state index in [0.717, 1.165) is 21.3 Å². The van der Waals surface area contributed by atoms with Crippen LogP contribution in [-0.2, 0) is 7.05 Å². The standard InChI is InChI=1S/C17H13N5O3S/c1-20-14-7-4-12(8-15(14)26-17(20)23)16(21-10-18-9-19-21)11-2-5-13(6-3-11)22(24)25/h2-10,16H,1H3. The molecule has 1 unspecified atom stereocenters. The topological polar surface area (TPSA) is 95.8 Å². The predicted octanol–water partition coefficient (Wildman–Crippen LogP) is 2.74. The largest absolute Gasteiger partial charge is 0.307 e. The Morgan fingerprint density at radius 1 is 1.15 bits per heavy atom. The van der Waals surface area contributed by atoms with E-state index < -0.39 is 4.92 Å². The Labute approximate surface area is 151 Å². The Hall–Kier alpha value is -3.33. The number of aromatic nitrogens is 4. The average Bonchev–Trinajstić information content (AvgIpc) is 3.25. The van der Waals surface area contributed by atoms with Gasteiger partial charge in [-0.15, -0.1) is 0 Å². The molecule has 4 aromatic rings. The first-order valence-electron chi connectivity index (χ1n) is 7.72. The van der Waals surface area contributed by atoms with Gasteiger partial charge in [0.1, 0.15) is 18.7 Å². The molecule has 0 saturated heterocycles. The van der Waals surface area contributed by atoms with Gasteiger partial charge in [0.2, 0.25) is 0 Å². The number of nitro groups is 1. The number of thiazole rings is 1. The molecule has 8 nitrogen and oxygen atoms in total. The zero-order valence-electron chi connectivity index (χ0n) is 13.6. The van der Waals surface area contributed by atoms with E-state index in [-0.39, 0.29) is 16.6 Å². The summed E-state index contributed by atoms with van der Waals surface area (Å²) in [5.74, 6) is 0. The van der Waals surface area contributed by atoms with Gasteiger partial charge in [-0.1, -0.05) is 17.4 Å². The van der Waals surface area contributed by atoms with Crippen LogP contribution in [0, 0.1) is 10.1 Å². The molecule has 2 aromatic carbocycles. The van der Waals surface area contributed by atoms with Crippen molar-refractivity contribution in [3.63, 3.8) is 0 Å². The summed E-state index contributed by atoms with van der Waals surface area (Å²) < 4.78 is 4.18. The van der Waals surface area contributed by atoms with Gasteiger partial charge in [-0.05, 0) is 35.4 Å². The fraction of sp³-hybridized carbons (Fsp3) is 0.118. The maximum atomic E-state index is 11.9. The van der Waals surface area contributed by atoms with Crippen molar-refractivity contribution in [1.82, 2.24) is 19.3 Å². The Kier molecular flexibility index (Phi) is 3.85. The first-order chi connectivity index (χ1) is 12.5. The molecule has 0 aliphatic rings. The number of benzene rings is 2. The smallest absolute Gasteiger partial charge is 0.302 e. The number of aryl methyl sites for hydroxylation is 1. The minimum Gasteiger partial charge on any atom is -0.302 e. The van der Waals surface area contributed by atoms with Crippen molar-refractivity contribution in [2.45, 2.75) is 6.04 Å². The number of nitrogens with zero attached hydrogens (tertiary/aromatic N) is 5. The fourth-order valence-electron chi connectivity index (χ4n) is 2.95. The second kappa shape index (κ2) is 6.19. The molecule has 0 saturated carbocycles. The Bertz CT molecular complexity index is 1150. The van der Waals surface area contributed by atoms with Crippen LogP contribution in [0.3, 0.4) is 0 Å². The fourth-order valence-corrected chi connectivity index (χ4v) is 3.88. The summed E-state index contributed by atoms with van der Waals surface area (Å²) in [4.78, 5) is 26.4. The van der Waals surface area contributed by atoms with Gasteiger partial charge >= 0.3 is 4.87 Å². The minimum absolute atomic E-state index is 0.0233. The highest BCUT2D eigenvalue weighted by molar-refractivity contribution is 7.16. The predicted molar refractivity (Wildman–Crippen MR) is 97.4 cm³/mol. The quantitative estimate of drug-likeness (QED) is 0.408. The highest BCUT2D eigenvalue weighted by atomic mass is 32.1. The molecule has 26 heavy (non-hydrogen) atoms. The van der Waals surface area contributed by atoms with Crippen LogP contribution >= 0.6 is 11.3 Å². The maximum Gasteiger partial charge on any atom is 0.307 e. The molecular weight excluding hydrogens is 354 g/mol. The van der Waals surface area contributed by atoms with Crippen LogP contribution in [0.25, 0.3) is 10.2 Å². The SMILES string of the molecule is Cn1c(=O)sc2cc(C(c3ccc([N+](=O)[O-])cc3)n3cncn3)ccc21. The van der Waals surface area contributed by atoms with Gasteiger partial charge in [-0.25, -0.2) is 9.67 Å². The number of non-ortho nitro benzene ring substituents is 1. The zero-order valence-corrected chi connectivity index (χ0v) is 14.5. The molecule has 0 aliphatic heterocycles. The number of hydrogen-bond acceptors (Lipinski definition) is 6. The molecule has 0 aliphatic carbocycles. The van der Waals surface area contributed by atoms with Gasteiger partial charge < -0.3 is 4.57 Å². The number of hydrogen-bond donors (Lipinski definition) is 0. The van der Waals surface area contributed by atoms with E-state index in [0.29, 0.717) is 0 Å². The monoisotopic (exact) mass is 367 g/mol. The molecular formula is C17H13N5O3S. The van der Waals surface area contributed by atoms with E-state index >= 15 is 0 Å². The van der Waals surface area contributed by atoms with E-state index in [1.54, 1.807) is 34.8 Å². The summed E-state index contributed by atoms with van der Waals surface area (Å²) in [5, 5.41) is 15.1. The summed E-state index contributed by atoms with van der Waals surface area (Å²) in [6.45, 7) is 0. The second-order valence-corrected chi connectivity index (χ2v) is 6.77. The minimum atomic E-state index is -0.429. The zero-order chi connectivity index (χ0) is 18.3. The third-order valence-corrected chi connectivity index (χ3v) is 5.25. The second-order valence-electron chi connectivity index (χ2n) is 5.78. The van der Waals surface area contributed by atoms with Crippen LogP contribution in [-0.4, -0.2) is 24.3 Å². The number of fused-ring (bicyclic) bond motifs is 1. The lowest BCUT2D eigenvalue weighted by Gasteiger charge is -2.18. The van der Waals surface area contributed by atoms with Gasteiger partial charge in [0, 0.05) is 19.2 Å². The number of rotatable bonds is 4. The van der Waals surface area contributed by atoms with E-state index in [4.69, 9.17) is 0 Å². The summed E-state index contributed by atoms with van der Waals surface area (Å²) in [7, 11) is 1.74. The molecule has 2 aromatic heterocycles. The first kappa shape index (κ1) is 16.2. The molecule has 2 heterocycles. The van der Waals surface area contributed by atoms with Crippen LogP contribution in [0.4, 0.5) is 5.69 Å². The van der Waals surface area contributed by atoms with Gasteiger partial charge in [-0.2, -0.15) is 5.10 Å². The molecule has 0 spiro atoms. The first-order valence-corrected chi connectivity index (χ1v) is 8.54. The maximum absolute atomic E-state index is 11.9. The van der Waals surface area contributed by atoms with E-state index in [1.807, 2.05) is 18.2 Å². The molecule has 0 N–H and O–H groups in total. The Morgan fingerprint density at radius 3 is 2.54 bits per heavy atom. The van der Waals surface area contributed by atoms with Gasteiger partial charge in [0.25, 0.3) is 5.69 Å². The third kappa shape index (κ3) is 2.68. The van der Waals surface area contributed by atoms with Gasteiger partial charge in [0.15, 0.2) is 0 Å². The molecule has 0 fully saturated rings. The van der Waals surface area contributed by atoms with Gasteiger partial charge in [0.05, 0.1) is 15.1 Å². The van der Waals surface area contributed by atoms with E-state index in [2.05, 4.69) is 10.1 Å². The average molecular weight is 367 g/mol. The van der Waals surface area contributed by atoms with Crippen molar-refractivity contribution < 1.29 is 4.92 Å². The highest BCUT2D eigenvalue weighted by Crippen LogP contribution is 2.30. The molecule has 4 rings (SSSR count). The highest BCUT2D eigenvalue weighted by Gasteiger charge is 2.19. The van der Waals surface area contributed by atoms with Crippen LogP contribution in [0.5, 0.6) is 0 Å². The summed E-state index contributed by atoms with van der Waals surface area (Å²) in [5.41, 5.74) is 2.65. The van der Waals surface area contributed by atoms with Crippen LogP contribution in [0.2, 0.25) is 0 Å². The molecule has 130 valence electrons. The van der Waals surface area contributed by atoms with Crippen molar-refractivity contribution in [2.24, 2.45) is 7.05 Å². The van der Waals surface area contributed by atoms with Crippen molar-refractivity contribution >= 4 is 27.2 Å². The lowest BCUT2D eigenvalue weighted by molar-refractivity contribution is -0.384. The molecule has 0 radical (unpaired) electrons. The van der Waals surface area contributed by atoms with Crippen molar-refractivity contribution in [1.29, 1.82) is 0 Å². The van der Waals surface area contributed by atoms with Crippen molar-refractivity contribution in [3.05, 3.63) is 86.0 Å². The molecule has 9 heteroatoms. The molecule has 0 bridgehead atoms. The summed E-state index contributed by atoms with van der Waals surface area (Å²) in [6, 6.07) is 11.8. The third-order valence-electron chi connectivity index (χ3n) is 4.25. The summed E-state index contributed by atoms with van der Waals surface area (Å²) in [6.07, 6.45) is 3.04. The van der Waals surface area contributed by atoms with E-state index in [9.17, 15) is 14.9 Å². The van der Waals surface area contributed by atoms with Crippen molar-refractivity contribution in [2.75, 3.05) is 0 Å². The lowest BCUT2D eigenvalue weighted by Crippen LogP contribution is -2.13. The van der Waals surface area contributed by atoms with E-state index in [1.165, 1.54) is 29.8 Å². The lowest BCUT2D eigenvalue weighted by atomic mass is 9.98. The van der Waals surface area contributed by atoms with Crippen LogP contribution in [0.15, 0.2) is 59.9 Å². The molecule has 0 amide bonds. The van der Waals surface area contributed by atoms with Crippen LogP contribution in [0.1, 0.15) is 17.2 Å².